The predicted octanol–water partition coefficient (Wildman–Crippen LogP) is 2.65. The smallest absolute Gasteiger partial charge is 0.156 e. The number of unbranched alkanes of at least 4 members (excludes halogenated alkanes) is 2. The van der Waals surface area contributed by atoms with Crippen molar-refractivity contribution < 1.29 is 4.79 Å². The van der Waals surface area contributed by atoms with Crippen molar-refractivity contribution in [3.05, 3.63) is 10.6 Å². The van der Waals surface area contributed by atoms with E-state index in [1.54, 1.807) is 0 Å². The maximum absolute atomic E-state index is 9.98. The van der Waals surface area contributed by atoms with Crippen LogP contribution in [0.25, 0.3) is 0 Å². The summed E-state index contributed by atoms with van der Waals surface area (Å²) in [6.07, 6.45) is 6.04. The molecule has 0 aromatic heterocycles. The van der Waals surface area contributed by atoms with Crippen LogP contribution in [0.3, 0.4) is 0 Å². The second-order valence-electron chi connectivity index (χ2n) is 1.85. The van der Waals surface area contributed by atoms with Gasteiger partial charge in [0.05, 0.1) is 4.48 Å². The van der Waals surface area contributed by atoms with Crippen LogP contribution in [0.4, 0.5) is 0 Å². The Labute approximate surface area is 64.3 Å². The Bertz CT molecular complexity index is 107. The molecular formula is C7H11BrO. The minimum atomic E-state index is 0.663. The van der Waals surface area contributed by atoms with E-state index in [2.05, 4.69) is 22.9 Å². The molecule has 0 spiro atoms. The van der Waals surface area contributed by atoms with Crippen molar-refractivity contribution in [2.45, 2.75) is 26.2 Å². The van der Waals surface area contributed by atoms with Crippen LogP contribution in [-0.2, 0) is 4.79 Å². The summed E-state index contributed by atoms with van der Waals surface area (Å²) in [5.41, 5.74) is 0. The molecule has 0 aromatic carbocycles. The van der Waals surface area contributed by atoms with Crippen LogP contribution < -0.4 is 0 Å². The highest BCUT2D eigenvalue weighted by Crippen LogP contribution is 2.04. The minimum absolute atomic E-state index is 0.663. The quantitative estimate of drug-likeness (QED) is 0.379. The summed E-state index contributed by atoms with van der Waals surface area (Å²) in [6, 6.07) is 0. The van der Waals surface area contributed by atoms with Gasteiger partial charge in [0.1, 0.15) is 0 Å². The highest BCUT2D eigenvalue weighted by atomic mass is 79.9. The first-order valence-corrected chi connectivity index (χ1v) is 3.91. The summed E-state index contributed by atoms with van der Waals surface area (Å²) in [4.78, 5) is 9.98. The van der Waals surface area contributed by atoms with Crippen LogP contribution >= 0.6 is 15.9 Å². The molecule has 0 saturated carbocycles. The molecule has 1 nitrogen and oxygen atoms in total. The van der Waals surface area contributed by atoms with Gasteiger partial charge in [-0.3, -0.25) is 4.79 Å². The number of aldehydes is 1. The Kier molecular flexibility index (Phi) is 5.94. The zero-order valence-corrected chi connectivity index (χ0v) is 7.15. The molecule has 0 bridgehead atoms. The van der Waals surface area contributed by atoms with E-state index in [1.165, 1.54) is 6.42 Å². The molecule has 52 valence electrons. The van der Waals surface area contributed by atoms with E-state index in [4.69, 9.17) is 0 Å². The second-order valence-corrected chi connectivity index (χ2v) is 2.76. The average Bonchev–Trinajstić information content (AvgIpc) is 1.89. The molecule has 0 rings (SSSR count). The number of carbonyl (C=O) groups excluding carboxylic acids is 1. The number of allylic oxidation sites excluding steroid dienone is 2. The van der Waals surface area contributed by atoms with Crippen molar-refractivity contribution in [3.8, 4) is 0 Å². The Hall–Kier alpha value is -0.110. The molecule has 0 N–H and O–H groups in total. The first kappa shape index (κ1) is 8.89. The first-order valence-electron chi connectivity index (χ1n) is 3.12. The van der Waals surface area contributed by atoms with Gasteiger partial charge >= 0.3 is 0 Å². The number of hydrogen-bond donors (Lipinski definition) is 0. The van der Waals surface area contributed by atoms with Crippen LogP contribution in [0.1, 0.15) is 26.2 Å². The van der Waals surface area contributed by atoms with E-state index in [-0.39, 0.29) is 0 Å². The van der Waals surface area contributed by atoms with E-state index in [0.29, 0.717) is 4.48 Å². The summed E-state index contributed by atoms with van der Waals surface area (Å²) in [5, 5.41) is 0. The van der Waals surface area contributed by atoms with E-state index >= 15 is 0 Å². The van der Waals surface area contributed by atoms with E-state index in [0.717, 1.165) is 19.1 Å². The molecule has 0 aliphatic heterocycles. The fourth-order valence-corrected chi connectivity index (χ4v) is 0.721. The van der Waals surface area contributed by atoms with Crippen LogP contribution in [-0.4, -0.2) is 6.29 Å². The van der Waals surface area contributed by atoms with Crippen molar-refractivity contribution in [3.63, 3.8) is 0 Å². The van der Waals surface area contributed by atoms with Crippen molar-refractivity contribution in [1.82, 2.24) is 0 Å². The Morgan fingerprint density at radius 3 is 2.78 bits per heavy atom. The van der Waals surface area contributed by atoms with Gasteiger partial charge in [0.2, 0.25) is 0 Å². The molecule has 0 saturated heterocycles. The van der Waals surface area contributed by atoms with Gasteiger partial charge in [-0.1, -0.05) is 25.8 Å². The highest BCUT2D eigenvalue weighted by Gasteiger charge is 1.84. The molecular weight excluding hydrogens is 180 g/mol. The summed E-state index contributed by atoms with van der Waals surface area (Å²) in [5.74, 6) is 0. The average molecular weight is 191 g/mol. The lowest BCUT2D eigenvalue weighted by molar-refractivity contribution is -0.104. The van der Waals surface area contributed by atoms with E-state index in [1.807, 2.05) is 6.08 Å². The van der Waals surface area contributed by atoms with Gasteiger partial charge in [0.25, 0.3) is 0 Å². The maximum Gasteiger partial charge on any atom is 0.156 e. The third-order valence-corrected chi connectivity index (χ3v) is 1.52. The zero-order chi connectivity index (χ0) is 7.11. The standard InChI is InChI=1S/C7H11BrO/c1-2-3-4-5-7(8)6-9/h5-6H,2-4H2,1H3/b7-5-. The lowest BCUT2D eigenvalue weighted by Gasteiger charge is -1.87. The Morgan fingerprint density at radius 2 is 2.33 bits per heavy atom. The topological polar surface area (TPSA) is 17.1 Å². The molecule has 0 fully saturated rings. The highest BCUT2D eigenvalue weighted by molar-refractivity contribution is 9.12. The molecule has 2 heteroatoms. The third kappa shape index (κ3) is 5.77. The second kappa shape index (κ2) is 6.02. The van der Waals surface area contributed by atoms with Gasteiger partial charge in [-0.05, 0) is 22.4 Å². The van der Waals surface area contributed by atoms with Crippen molar-refractivity contribution in [2.75, 3.05) is 0 Å². The molecule has 0 unspecified atom stereocenters. The third-order valence-electron chi connectivity index (χ3n) is 1.01. The first-order chi connectivity index (χ1) is 4.31. The predicted molar refractivity (Wildman–Crippen MR) is 42.6 cm³/mol. The molecule has 0 aromatic rings. The van der Waals surface area contributed by atoms with Crippen LogP contribution in [0.5, 0.6) is 0 Å². The van der Waals surface area contributed by atoms with E-state index < -0.39 is 0 Å². The number of halogens is 1. The number of carbonyl (C=O) groups is 1. The normalized spacial score (nSPS) is 11.6. The van der Waals surface area contributed by atoms with Crippen LogP contribution in [0.15, 0.2) is 10.6 Å². The Morgan fingerprint density at radius 1 is 1.67 bits per heavy atom. The molecule has 0 atom stereocenters. The summed E-state index contributed by atoms with van der Waals surface area (Å²) in [7, 11) is 0. The minimum Gasteiger partial charge on any atom is -0.297 e. The molecule has 9 heavy (non-hydrogen) atoms. The largest absolute Gasteiger partial charge is 0.297 e. The SMILES string of the molecule is CCCC/C=C(\Br)C=O. The fraction of sp³-hybridized carbons (Fsp3) is 0.571. The van der Waals surface area contributed by atoms with Crippen LogP contribution in [0.2, 0.25) is 0 Å². The Balaban J connectivity index is 3.31. The number of hydrogen-bond acceptors (Lipinski definition) is 1. The van der Waals surface area contributed by atoms with Crippen molar-refractivity contribution in [1.29, 1.82) is 0 Å². The molecule has 0 amide bonds. The summed E-state index contributed by atoms with van der Waals surface area (Å²) in [6.45, 7) is 2.13. The molecule has 0 aliphatic carbocycles. The fourth-order valence-electron chi connectivity index (χ4n) is 0.492. The lowest BCUT2D eigenvalue weighted by Crippen LogP contribution is -1.72. The van der Waals surface area contributed by atoms with Gasteiger partial charge < -0.3 is 0 Å². The molecule has 0 radical (unpaired) electrons. The van der Waals surface area contributed by atoms with Gasteiger partial charge in [0, 0.05) is 0 Å². The van der Waals surface area contributed by atoms with Crippen molar-refractivity contribution in [2.24, 2.45) is 0 Å². The number of rotatable bonds is 4. The van der Waals surface area contributed by atoms with Gasteiger partial charge in [0.15, 0.2) is 6.29 Å². The molecule has 0 aliphatic rings. The molecule has 0 heterocycles. The van der Waals surface area contributed by atoms with Gasteiger partial charge in [-0.15, -0.1) is 0 Å². The monoisotopic (exact) mass is 190 g/mol. The van der Waals surface area contributed by atoms with Gasteiger partial charge in [-0.2, -0.15) is 0 Å². The van der Waals surface area contributed by atoms with Gasteiger partial charge in [-0.25, -0.2) is 0 Å². The lowest BCUT2D eigenvalue weighted by atomic mass is 10.2. The van der Waals surface area contributed by atoms with E-state index in [9.17, 15) is 4.79 Å². The summed E-state index contributed by atoms with van der Waals surface area (Å²) < 4.78 is 0.663. The summed E-state index contributed by atoms with van der Waals surface area (Å²) >= 11 is 3.10. The van der Waals surface area contributed by atoms with Crippen LogP contribution in [0, 0.1) is 0 Å². The maximum atomic E-state index is 9.98. The zero-order valence-electron chi connectivity index (χ0n) is 5.56. The van der Waals surface area contributed by atoms with Crippen molar-refractivity contribution >= 4 is 22.2 Å².